The fourth-order valence-electron chi connectivity index (χ4n) is 6.15. The van der Waals surface area contributed by atoms with E-state index in [2.05, 4.69) is 74.8 Å². The summed E-state index contributed by atoms with van der Waals surface area (Å²) in [5.74, 6) is -0.141. The monoisotopic (exact) mass is 1180 g/mol. The number of nitrogens with zero attached hydrogens (tertiary/aromatic N) is 4. The summed E-state index contributed by atoms with van der Waals surface area (Å²) in [6.45, 7) is 19.6. The molecule has 1 fully saturated rings. The van der Waals surface area contributed by atoms with Crippen molar-refractivity contribution in [2.75, 3.05) is 40.4 Å². The molecule has 14 nitrogen and oxygen atoms in total. The Morgan fingerprint density at radius 1 is 0.706 bits per heavy atom. The zero-order valence-corrected chi connectivity index (χ0v) is 45.6. The van der Waals surface area contributed by atoms with Crippen molar-refractivity contribution in [2.45, 2.75) is 91.6 Å². The summed E-state index contributed by atoms with van der Waals surface area (Å²) < 4.78 is 65.8. The minimum Gasteiger partial charge on any atom is -0.492 e. The zero-order chi connectivity index (χ0) is 50.4. The Kier molecular flexibility index (Phi) is 18.0. The molecule has 2 amide bonds. The minimum absolute atomic E-state index is 0.213. The van der Waals surface area contributed by atoms with Crippen LogP contribution < -0.4 is 14.9 Å². The Morgan fingerprint density at radius 3 is 1.72 bits per heavy atom. The van der Waals surface area contributed by atoms with Crippen molar-refractivity contribution >= 4 is 101 Å². The molecule has 0 bridgehead atoms. The maximum atomic E-state index is 14.7. The number of fused-ring (bicyclic) bond motifs is 2. The lowest BCUT2D eigenvalue weighted by atomic mass is 9.78. The number of rotatable bonds is 10. The van der Waals surface area contributed by atoms with Crippen LogP contribution in [0.1, 0.15) is 69.2 Å². The van der Waals surface area contributed by atoms with Gasteiger partial charge in [0, 0.05) is 57.0 Å². The van der Waals surface area contributed by atoms with Crippen molar-refractivity contribution in [1.82, 2.24) is 30.2 Å². The van der Waals surface area contributed by atoms with Gasteiger partial charge in [-0.3, -0.25) is 10.2 Å². The van der Waals surface area contributed by atoms with Crippen LogP contribution in [-0.4, -0.2) is 112 Å². The summed E-state index contributed by atoms with van der Waals surface area (Å²) in [4.78, 5) is 26.7. The molecule has 0 saturated carbocycles. The predicted molar refractivity (Wildman–Crippen MR) is 277 cm³/mol. The van der Waals surface area contributed by atoms with Gasteiger partial charge in [0.15, 0.2) is 0 Å². The normalized spacial score (nSPS) is 14.1. The second-order valence-electron chi connectivity index (χ2n) is 18.9. The van der Waals surface area contributed by atoms with Crippen molar-refractivity contribution in [2.24, 2.45) is 0 Å². The second kappa shape index (κ2) is 22.5. The summed E-state index contributed by atoms with van der Waals surface area (Å²) in [6.07, 6.45) is -0.863. The quantitative estimate of drug-likeness (QED) is 0.100. The lowest BCUT2D eigenvalue weighted by Gasteiger charge is -2.32. The number of aromatic amines is 2. The average Bonchev–Trinajstić information content (AvgIpc) is 3.87. The number of hydrogen-bond acceptors (Lipinski definition) is 10. The van der Waals surface area contributed by atoms with Gasteiger partial charge >= 0.3 is 19.3 Å². The van der Waals surface area contributed by atoms with Gasteiger partial charge in [0.25, 0.3) is 0 Å². The number of H-pyrrole nitrogens is 2. The molecular formula is C48H58BBr2F2IN6O8. The highest BCUT2D eigenvalue weighted by Gasteiger charge is 2.52. The summed E-state index contributed by atoms with van der Waals surface area (Å²) in [5, 5.41) is 16.2. The van der Waals surface area contributed by atoms with Gasteiger partial charge in [-0.1, -0.05) is 37.9 Å². The molecule has 0 radical (unpaired) electrons. The van der Waals surface area contributed by atoms with E-state index in [4.69, 9.17) is 28.3 Å². The fraction of sp³-hybridized carbons (Fsp3) is 0.417. The molecular weight excluding hydrogens is 1120 g/mol. The molecule has 1 aliphatic rings. The van der Waals surface area contributed by atoms with E-state index in [1.165, 1.54) is 27.3 Å². The van der Waals surface area contributed by atoms with E-state index in [0.717, 1.165) is 29.1 Å². The zero-order valence-electron chi connectivity index (χ0n) is 40.3. The third-order valence-corrected chi connectivity index (χ3v) is 12.3. The molecule has 0 aliphatic carbocycles. The topological polar surface area (TPSA) is 153 Å². The van der Waals surface area contributed by atoms with Crippen molar-refractivity contribution in [1.29, 1.82) is 0 Å². The smallest absolute Gasteiger partial charge is 0.492 e. The summed E-state index contributed by atoms with van der Waals surface area (Å²) in [6, 6.07) is 20.9. The van der Waals surface area contributed by atoms with Gasteiger partial charge < -0.3 is 38.1 Å². The van der Waals surface area contributed by atoms with E-state index in [0.29, 0.717) is 41.3 Å². The fourth-order valence-corrected chi connectivity index (χ4v) is 7.44. The Bertz CT molecular complexity index is 2690. The van der Waals surface area contributed by atoms with Gasteiger partial charge in [0.1, 0.15) is 56.9 Å². The van der Waals surface area contributed by atoms with E-state index in [-0.39, 0.29) is 13.2 Å². The summed E-state index contributed by atoms with van der Waals surface area (Å²) >= 11 is 9.03. The van der Waals surface area contributed by atoms with Gasteiger partial charge in [0.2, 0.25) is 0 Å². The maximum absolute atomic E-state index is 14.7. The van der Waals surface area contributed by atoms with Crippen LogP contribution in [0.2, 0.25) is 0 Å². The van der Waals surface area contributed by atoms with E-state index < -0.39 is 53.3 Å². The number of likely N-dealkylation sites (N-methyl/N-ethyl adjacent to an activating group) is 2. The van der Waals surface area contributed by atoms with Crippen LogP contribution >= 0.6 is 54.5 Å². The predicted octanol–water partition coefficient (Wildman–Crippen LogP) is 11.7. The molecule has 0 unspecified atom stereocenters. The number of amides is 2. The third-order valence-electron chi connectivity index (χ3n) is 10.5. The lowest BCUT2D eigenvalue weighted by Crippen LogP contribution is -2.41. The van der Waals surface area contributed by atoms with E-state index in [1.807, 2.05) is 64.1 Å². The first kappa shape index (κ1) is 54.4. The molecule has 3 heterocycles. The Hall–Kier alpha value is -4.51. The van der Waals surface area contributed by atoms with Gasteiger partial charge in [-0.2, -0.15) is 10.2 Å². The number of aromatic nitrogens is 4. The van der Waals surface area contributed by atoms with E-state index >= 15 is 0 Å². The van der Waals surface area contributed by atoms with Crippen LogP contribution in [0, 0.1) is 15.3 Å². The molecule has 1 saturated heterocycles. The van der Waals surface area contributed by atoms with Crippen molar-refractivity contribution in [3.8, 4) is 22.8 Å². The van der Waals surface area contributed by atoms with Crippen LogP contribution in [0.5, 0.6) is 11.5 Å². The second-order valence-corrected chi connectivity index (χ2v) is 21.8. The summed E-state index contributed by atoms with van der Waals surface area (Å²) in [7, 11) is 2.49. The molecule has 0 atom stereocenters. The number of halogens is 5. The highest BCUT2D eigenvalue weighted by Crippen LogP contribution is 2.37. The minimum atomic E-state index is -0.766. The standard InChI is InChI=1S/C21H23BrFN3O3.C20H31BFNO5.C7H4BrIN2/c1-21(2,3)29-20(27)26(4)9-10-28-14-6-8-15(17(23)12-14)19-16-7-5-13(22)11-18(16)24-25-19;1-18(2,3)26-17(24)23(8)11-12-25-14-9-10-15(16(22)13-14)21-27-19(4,5)20(6,7)28-21;8-4-1-2-5-6(3-4)10-11-7(5)9/h5-8,11-12H,9-10H2,1-4H3,(H,24,25);9-10,13H,11-12H2,1-8H3;1-3H,(H,10,11). The number of nitrogens with one attached hydrogen (secondary N) is 2. The summed E-state index contributed by atoms with van der Waals surface area (Å²) in [5.41, 5.74) is 0.894. The van der Waals surface area contributed by atoms with Crippen molar-refractivity contribution < 1.29 is 46.6 Å². The number of benzene rings is 4. The molecule has 0 spiro atoms. The maximum Gasteiger partial charge on any atom is 0.497 e. The molecule has 20 heteroatoms. The van der Waals surface area contributed by atoms with Crippen molar-refractivity contribution in [3.63, 3.8) is 0 Å². The molecule has 2 aromatic heterocycles. The van der Waals surface area contributed by atoms with Gasteiger partial charge in [-0.15, -0.1) is 0 Å². The lowest BCUT2D eigenvalue weighted by molar-refractivity contribution is 0.00578. The molecule has 1 aliphatic heterocycles. The van der Waals surface area contributed by atoms with E-state index in [9.17, 15) is 18.4 Å². The van der Waals surface area contributed by atoms with Gasteiger partial charge in [-0.05, 0) is 146 Å². The molecule has 6 aromatic rings. The molecule has 7 rings (SSSR count). The molecule has 366 valence electrons. The first-order chi connectivity index (χ1) is 31.6. The number of ether oxygens (including phenoxy) is 4. The van der Waals surface area contributed by atoms with Crippen LogP contribution in [0.4, 0.5) is 18.4 Å². The van der Waals surface area contributed by atoms with Gasteiger partial charge in [-0.25, -0.2) is 18.4 Å². The molecule has 68 heavy (non-hydrogen) atoms. The van der Waals surface area contributed by atoms with Gasteiger partial charge in [0.05, 0.1) is 35.3 Å². The highest BCUT2D eigenvalue weighted by molar-refractivity contribution is 14.1. The number of carbonyl (C=O) groups is 2. The number of hydrogen-bond donors (Lipinski definition) is 2. The Labute approximate surface area is 427 Å². The van der Waals surface area contributed by atoms with Crippen LogP contribution in [-0.2, 0) is 18.8 Å². The Morgan fingerprint density at radius 2 is 1.21 bits per heavy atom. The molecule has 4 aromatic carbocycles. The van der Waals surface area contributed by atoms with Crippen LogP contribution in [0.15, 0.2) is 81.7 Å². The third kappa shape index (κ3) is 15.0. The van der Waals surface area contributed by atoms with Crippen LogP contribution in [0.25, 0.3) is 33.1 Å². The number of carbonyl (C=O) groups excluding carboxylic acids is 2. The van der Waals surface area contributed by atoms with Crippen molar-refractivity contribution in [3.05, 3.63) is 97.1 Å². The van der Waals surface area contributed by atoms with E-state index in [1.54, 1.807) is 79.9 Å². The SMILES string of the molecule is Brc1ccc2c(I)[nH]nc2c1.CN(CCOc1ccc(-c2n[nH]c3cc(Br)ccc23)c(F)c1)C(=O)OC(C)(C)C.CN(CCOc1ccc(B2OC(C)(C)C(C)(C)O2)c(F)c1)C(=O)OC(C)(C)C. The average molecular weight is 1180 g/mol. The first-order valence-electron chi connectivity index (χ1n) is 21.6. The highest BCUT2D eigenvalue weighted by atomic mass is 127. The first-order valence-corrected chi connectivity index (χ1v) is 24.3. The van der Waals surface area contributed by atoms with Crippen LogP contribution in [0.3, 0.4) is 0 Å². The molecule has 2 N–H and O–H groups in total. The Balaban J connectivity index is 0.000000208. The largest absolute Gasteiger partial charge is 0.497 e.